The Labute approximate surface area is 156 Å². The zero-order chi connectivity index (χ0) is 19.5. The molecular weight excluding hydrogens is 348 g/mol. The van der Waals surface area contributed by atoms with Crippen molar-refractivity contribution < 1.29 is 13.2 Å². The zero-order valence-electron chi connectivity index (χ0n) is 15.9. The van der Waals surface area contributed by atoms with E-state index in [1.807, 2.05) is 52.0 Å². The molecule has 2 aromatic carbocycles. The van der Waals surface area contributed by atoms with E-state index < -0.39 is 10.0 Å². The van der Waals surface area contributed by atoms with Crippen molar-refractivity contribution in [3.05, 3.63) is 59.7 Å². The fourth-order valence-electron chi connectivity index (χ4n) is 2.67. The Morgan fingerprint density at radius 2 is 1.62 bits per heavy atom. The number of hydrogen-bond acceptors (Lipinski definition) is 3. The maximum atomic E-state index is 12.5. The van der Waals surface area contributed by atoms with Gasteiger partial charge in [0.25, 0.3) is 0 Å². The van der Waals surface area contributed by atoms with E-state index >= 15 is 0 Å². The molecule has 6 heteroatoms. The summed E-state index contributed by atoms with van der Waals surface area (Å²) in [6, 6.07) is 14.6. The summed E-state index contributed by atoms with van der Waals surface area (Å²) in [5.74, 6) is -0.386. The van der Waals surface area contributed by atoms with Gasteiger partial charge in [-0.15, -0.1) is 0 Å². The standard InChI is InChI=1S/C20H26N2O3S/c1-15-10-12-16(13-11-15)21-19(23)14-22(26(5,24)25)18-9-7-6-8-17(18)20(2,3)4/h6-13H,14H2,1-5H3,(H,21,23). The minimum atomic E-state index is -3.62. The first-order chi connectivity index (χ1) is 12.0. The number of anilines is 2. The van der Waals surface area contributed by atoms with E-state index in [4.69, 9.17) is 0 Å². The number of nitrogens with zero attached hydrogens (tertiary/aromatic N) is 1. The van der Waals surface area contributed by atoms with Gasteiger partial charge in [-0.3, -0.25) is 9.10 Å². The molecule has 140 valence electrons. The van der Waals surface area contributed by atoms with Crippen LogP contribution in [0.15, 0.2) is 48.5 Å². The van der Waals surface area contributed by atoms with Crippen LogP contribution in [0.5, 0.6) is 0 Å². The first-order valence-corrected chi connectivity index (χ1v) is 10.3. The molecule has 0 aliphatic heterocycles. The predicted octanol–water partition coefficient (Wildman–Crippen LogP) is 3.70. The summed E-state index contributed by atoms with van der Waals surface area (Å²) in [6.45, 7) is 7.72. The molecule has 0 aromatic heterocycles. The molecule has 0 fully saturated rings. The number of hydrogen-bond donors (Lipinski definition) is 1. The fraction of sp³-hybridized carbons (Fsp3) is 0.350. The molecule has 0 aliphatic rings. The number of carbonyl (C=O) groups is 1. The van der Waals surface area contributed by atoms with Crippen LogP contribution in [-0.4, -0.2) is 27.1 Å². The zero-order valence-corrected chi connectivity index (χ0v) is 16.7. The van der Waals surface area contributed by atoms with Gasteiger partial charge >= 0.3 is 0 Å². The second kappa shape index (κ2) is 7.50. The van der Waals surface area contributed by atoms with Crippen molar-refractivity contribution in [2.45, 2.75) is 33.1 Å². The third kappa shape index (κ3) is 5.08. The topological polar surface area (TPSA) is 66.5 Å². The summed E-state index contributed by atoms with van der Waals surface area (Å²) in [6.07, 6.45) is 1.12. The highest BCUT2D eigenvalue weighted by molar-refractivity contribution is 7.92. The predicted molar refractivity (Wildman–Crippen MR) is 107 cm³/mol. The van der Waals surface area contributed by atoms with Crippen LogP contribution in [0.2, 0.25) is 0 Å². The van der Waals surface area contributed by atoms with Crippen LogP contribution in [0, 0.1) is 6.92 Å². The molecule has 0 radical (unpaired) electrons. The number of para-hydroxylation sites is 1. The fourth-order valence-corrected chi connectivity index (χ4v) is 3.54. The van der Waals surface area contributed by atoms with Gasteiger partial charge in [-0.2, -0.15) is 0 Å². The summed E-state index contributed by atoms with van der Waals surface area (Å²) < 4.78 is 25.9. The number of sulfonamides is 1. The molecule has 5 nitrogen and oxygen atoms in total. The highest BCUT2D eigenvalue weighted by atomic mass is 32.2. The van der Waals surface area contributed by atoms with Crippen molar-refractivity contribution in [2.75, 3.05) is 22.4 Å². The second-order valence-corrected chi connectivity index (χ2v) is 9.36. The van der Waals surface area contributed by atoms with E-state index in [1.165, 1.54) is 0 Å². The van der Waals surface area contributed by atoms with Gasteiger partial charge in [0.1, 0.15) is 6.54 Å². The summed E-state index contributed by atoms with van der Waals surface area (Å²) in [5, 5.41) is 2.75. The molecule has 1 N–H and O–H groups in total. The van der Waals surface area contributed by atoms with E-state index in [1.54, 1.807) is 24.3 Å². The Morgan fingerprint density at radius 3 is 2.15 bits per heavy atom. The Morgan fingerprint density at radius 1 is 1.04 bits per heavy atom. The second-order valence-electron chi connectivity index (χ2n) is 7.45. The number of rotatable bonds is 5. The molecule has 0 atom stereocenters. The van der Waals surface area contributed by atoms with Gasteiger partial charge in [0.2, 0.25) is 15.9 Å². The molecule has 0 spiro atoms. The largest absolute Gasteiger partial charge is 0.325 e. The van der Waals surface area contributed by atoms with Crippen molar-refractivity contribution >= 4 is 27.3 Å². The molecule has 1 amide bonds. The molecular formula is C20H26N2O3S. The average Bonchev–Trinajstić information content (AvgIpc) is 2.53. The van der Waals surface area contributed by atoms with Crippen molar-refractivity contribution in [1.82, 2.24) is 0 Å². The molecule has 26 heavy (non-hydrogen) atoms. The summed E-state index contributed by atoms with van der Waals surface area (Å²) >= 11 is 0. The van der Waals surface area contributed by atoms with Crippen LogP contribution in [0.25, 0.3) is 0 Å². The molecule has 2 aromatic rings. The summed E-state index contributed by atoms with van der Waals surface area (Å²) in [4.78, 5) is 12.5. The van der Waals surface area contributed by atoms with Gasteiger partial charge in [0.15, 0.2) is 0 Å². The monoisotopic (exact) mass is 374 g/mol. The van der Waals surface area contributed by atoms with Crippen molar-refractivity contribution in [2.24, 2.45) is 0 Å². The first kappa shape index (κ1) is 20.0. The normalized spacial score (nSPS) is 11.9. The molecule has 2 rings (SSSR count). The molecule has 0 saturated heterocycles. The lowest BCUT2D eigenvalue weighted by Crippen LogP contribution is -2.38. The lowest BCUT2D eigenvalue weighted by molar-refractivity contribution is -0.114. The van der Waals surface area contributed by atoms with Crippen LogP contribution in [0.4, 0.5) is 11.4 Å². The minimum Gasteiger partial charge on any atom is -0.325 e. The van der Waals surface area contributed by atoms with E-state index in [9.17, 15) is 13.2 Å². The quantitative estimate of drug-likeness (QED) is 0.868. The first-order valence-electron chi connectivity index (χ1n) is 8.42. The number of nitrogens with one attached hydrogen (secondary N) is 1. The Hall–Kier alpha value is -2.34. The Bertz CT molecular complexity index is 882. The number of aryl methyl sites for hydroxylation is 1. The summed E-state index contributed by atoms with van der Waals surface area (Å²) in [7, 11) is -3.62. The molecule has 0 aliphatic carbocycles. The molecule has 0 bridgehead atoms. The van der Waals surface area contributed by atoms with Gasteiger partial charge in [-0.1, -0.05) is 56.7 Å². The molecule has 0 heterocycles. The van der Waals surface area contributed by atoms with Crippen molar-refractivity contribution in [3.8, 4) is 0 Å². The Balaban J connectivity index is 2.33. The van der Waals surface area contributed by atoms with Crippen LogP contribution < -0.4 is 9.62 Å². The number of carbonyl (C=O) groups excluding carboxylic acids is 1. The minimum absolute atomic E-state index is 0.257. The highest BCUT2D eigenvalue weighted by Gasteiger charge is 2.27. The van der Waals surface area contributed by atoms with E-state index in [0.717, 1.165) is 21.7 Å². The van der Waals surface area contributed by atoms with Crippen LogP contribution in [0.1, 0.15) is 31.9 Å². The summed E-state index contributed by atoms with van der Waals surface area (Å²) in [5.41, 5.74) is 2.86. The smallest absolute Gasteiger partial charge is 0.245 e. The number of amides is 1. The van der Waals surface area contributed by atoms with Crippen molar-refractivity contribution in [1.29, 1.82) is 0 Å². The molecule has 0 saturated carbocycles. The van der Waals surface area contributed by atoms with Gasteiger partial charge in [0, 0.05) is 5.69 Å². The average molecular weight is 375 g/mol. The van der Waals surface area contributed by atoms with Crippen LogP contribution in [0.3, 0.4) is 0 Å². The lowest BCUT2D eigenvalue weighted by Gasteiger charge is -2.29. The SMILES string of the molecule is Cc1ccc(NC(=O)CN(c2ccccc2C(C)(C)C)S(C)(=O)=O)cc1. The third-order valence-electron chi connectivity index (χ3n) is 4.00. The van der Waals surface area contributed by atoms with Crippen molar-refractivity contribution in [3.63, 3.8) is 0 Å². The third-order valence-corrected chi connectivity index (χ3v) is 5.13. The lowest BCUT2D eigenvalue weighted by atomic mass is 9.86. The van der Waals surface area contributed by atoms with E-state index in [-0.39, 0.29) is 17.9 Å². The number of benzene rings is 2. The van der Waals surface area contributed by atoms with Crippen LogP contribution >= 0.6 is 0 Å². The van der Waals surface area contributed by atoms with Gasteiger partial charge < -0.3 is 5.32 Å². The van der Waals surface area contributed by atoms with E-state index in [2.05, 4.69) is 5.32 Å². The Kier molecular flexibility index (Phi) is 5.76. The van der Waals surface area contributed by atoms with Gasteiger partial charge in [-0.25, -0.2) is 8.42 Å². The maximum absolute atomic E-state index is 12.5. The molecule has 0 unspecified atom stereocenters. The maximum Gasteiger partial charge on any atom is 0.245 e. The van der Waals surface area contributed by atoms with E-state index in [0.29, 0.717) is 11.4 Å². The van der Waals surface area contributed by atoms with Gasteiger partial charge in [-0.05, 0) is 36.1 Å². The highest BCUT2D eigenvalue weighted by Crippen LogP contribution is 2.32. The van der Waals surface area contributed by atoms with Crippen LogP contribution in [-0.2, 0) is 20.2 Å². The van der Waals surface area contributed by atoms with Gasteiger partial charge in [0.05, 0.1) is 11.9 Å².